The topological polar surface area (TPSA) is 77.4 Å². The van der Waals surface area contributed by atoms with Crippen molar-refractivity contribution in [3.8, 4) is 0 Å². The summed E-state index contributed by atoms with van der Waals surface area (Å²) >= 11 is 6.12. The second-order valence-electron chi connectivity index (χ2n) is 6.51. The van der Waals surface area contributed by atoms with Gasteiger partial charge in [-0.1, -0.05) is 48.0 Å². The first-order valence-electron chi connectivity index (χ1n) is 8.85. The van der Waals surface area contributed by atoms with Crippen molar-refractivity contribution in [3.63, 3.8) is 0 Å². The van der Waals surface area contributed by atoms with E-state index in [9.17, 15) is 14.4 Å². The van der Waals surface area contributed by atoms with E-state index in [1.165, 1.54) is 22.9 Å². The van der Waals surface area contributed by atoms with Gasteiger partial charge in [0.05, 0.1) is 5.56 Å². The van der Waals surface area contributed by atoms with E-state index < -0.39 is 18.0 Å². The average Bonchev–Trinajstić information content (AvgIpc) is 2.71. The van der Waals surface area contributed by atoms with Crippen LogP contribution >= 0.6 is 11.6 Å². The molecule has 7 heteroatoms. The summed E-state index contributed by atoms with van der Waals surface area (Å²) in [6, 6.07) is 16.4. The van der Waals surface area contributed by atoms with Crippen molar-refractivity contribution in [1.82, 2.24) is 4.57 Å². The molecule has 2 aromatic carbocycles. The van der Waals surface area contributed by atoms with Crippen LogP contribution in [0.25, 0.3) is 0 Å². The van der Waals surface area contributed by atoms with Crippen molar-refractivity contribution >= 4 is 29.2 Å². The largest absolute Gasteiger partial charge is 0.444 e. The Morgan fingerprint density at radius 3 is 2.45 bits per heavy atom. The number of benzene rings is 2. The van der Waals surface area contributed by atoms with Crippen molar-refractivity contribution in [2.75, 3.05) is 5.32 Å². The van der Waals surface area contributed by atoms with Crippen molar-refractivity contribution in [1.29, 1.82) is 0 Å². The number of carbonyl (C=O) groups excluding carboxylic acids is 2. The minimum Gasteiger partial charge on any atom is -0.444 e. The number of aromatic nitrogens is 1. The lowest BCUT2D eigenvalue weighted by molar-refractivity contribution is -0.125. The van der Waals surface area contributed by atoms with Crippen LogP contribution in [0.4, 0.5) is 5.69 Å². The quantitative estimate of drug-likeness (QED) is 0.647. The van der Waals surface area contributed by atoms with E-state index in [-0.39, 0.29) is 11.1 Å². The molecule has 1 amide bonds. The zero-order valence-corrected chi connectivity index (χ0v) is 16.6. The number of nitrogens with zero attached hydrogens (tertiary/aromatic N) is 1. The van der Waals surface area contributed by atoms with Crippen molar-refractivity contribution in [2.45, 2.75) is 13.0 Å². The summed E-state index contributed by atoms with van der Waals surface area (Å²) in [6.07, 6.45) is 0.262. The highest BCUT2D eigenvalue weighted by atomic mass is 35.5. The summed E-state index contributed by atoms with van der Waals surface area (Å²) in [7, 11) is 1.57. The lowest BCUT2D eigenvalue weighted by atomic mass is 10.1. The van der Waals surface area contributed by atoms with Crippen LogP contribution in [0.3, 0.4) is 0 Å². The third kappa shape index (κ3) is 4.92. The number of halogens is 1. The highest BCUT2D eigenvalue weighted by molar-refractivity contribution is 6.31. The fourth-order valence-electron chi connectivity index (χ4n) is 2.63. The third-order valence-electron chi connectivity index (χ3n) is 4.34. The van der Waals surface area contributed by atoms with Gasteiger partial charge in [0.15, 0.2) is 0 Å². The number of pyridine rings is 1. The average molecular weight is 411 g/mol. The number of aryl methyl sites for hydroxylation is 2. The molecule has 0 aliphatic heterocycles. The summed E-state index contributed by atoms with van der Waals surface area (Å²) in [5.41, 5.74) is 1.58. The maximum absolute atomic E-state index is 12.9. The molecule has 0 saturated heterocycles. The SMILES string of the molecule is Cc1ccc(NC(=O)C(OC(=O)c2ccn(C)c(=O)c2)c2ccccc2)cc1Cl. The summed E-state index contributed by atoms with van der Waals surface area (Å²) in [6.45, 7) is 1.85. The van der Waals surface area contributed by atoms with Crippen molar-refractivity contribution in [2.24, 2.45) is 7.05 Å². The number of anilines is 1. The summed E-state index contributed by atoms with van der Waals surface area (Å²) in [5, 5.41) is 3.23. The Balaban J connectivity index is 1.87. The Labute approximate surface area is 172 Å². The molecule has 0 spiro atoms. The van der Waals surface area contributed by atoms with Gasteiger partial charge in [0, 0.05) is 35.6 Å². The first-order chi connectivity index (χ1) is 13.8. The number of amides is 1. The molecule has 0 aliphatic carbocycles. The molecular weight excluding hydrogens is 392 g/mol. The molecule has 0 radical (unpaired) electrons. The van der Waals surface area contributed by atoms with E-state index in [1.54, 1.807) is 55.6 Å². The van der Waals surface area contributed by atoms with Gasteiger partial charge in [0.1, 0.15) is 0 Å². The molecule has 1 atom stereocenters. The van der Waals surface area contributed by atoms with E-state index in [2.05, 4.69) is 5.32 Å². The Morgan fingerprint density at radius 1 is 1.07 bits per heavy atom. The molecule has 1 heterocycles. The Kier molecular flexibility index (Phi) is 6.14. The van der Waals surface area contributed by atoms with Gasteiger partial charge < -0.3 is 14.6 Å². The van der Waals surface area contributed by atoms with Crippen LogP contribution in [-0.2, 0) is 16.6 Å². The molecule has 0 bridgehead atoms. The predicted octanol–water partition coefficient (Wildman–Crippen LogP) is 3.88. The molecule has 29 heavy (non-hydrogen) atoms. The predicted molar refractivity (Wildman–Crippen MR) is 111 cm³/mol. The smallest absolute Gasteiger partial charge is 0.339 e. The van der Waals surface area contributed by atoms with E-state index in [0.717, 1.165) is 5.56 Å². The van der Waals surface area contributed by atoms with Crippen LogP contribution in [0.15, 0.2) is 71.7 Å². The number of rotatable bonds is 5. The van der Waals surface area contributed by atoms with Gasteiger partial charge in [-0.05, 0) is 30.7 Å². The van der Waals surface area contributed by atoms with Gasteiger partial charge in [-0.15, -0.1) is 0 Å². The van der Waals surface area contributed by atoms with Gasteiger partial charge in [-0.3, -0.25) is 9.59 Å². The van der Waals surface area contributed by atoms with Crippen LogP contribution < -0.4 is 10.9 Å². The lowest BCUT2D eigenvalue weighted by Crippen LogP contribution is -2.26. The zero-order valence-electron chi connectivity index (χ0n) is 15.9. The van der Waals surface area contributed by atoms with Gasteiger partial charge in [0.2, 0.25) is 6.10 Å². The molecule has 6 nitrogen and oxygen atoms in total. The zero-order chi connectivity index (χ0) is 21.0. The van der Waals surface area contributed by atoms with Gasteiger partial charge in [-0.25, -0.2) is 4.79 Å². The van der Waals surface area contributed by atoms with E-state index in [1.807, 2.05) is 6.92 Å². The highest BCUT2D eigenvalue weighted by Crippen LogP contribution is 2.24. The molecule has 1 unspecified atom stereocenters. The fraction of sp³-hybridized carbons (Fsp3) is 0.136. The number of ether oxygens (including phenoxy) is 1. The third-order valence-corrected chi connectivity index (χ3v) is 4.75. The Hall–Kier alpha value is -3.38. The molecule has 148 valence electrons. The maximum Gasteiger partial charge on any atom is 0.339 e. The van der Waals surface area contributed by atoms with E-state index >= 15 is 0 Å². The number of esters is 1. The Morgan fingerprint density at radius 2 is 1.79 bits per heavy atom. The van der Waals surface area contributed by atoms with E-state index in [0.29, 0.717) is 16.3 Å². The number of carbonyl (C=O) groups is 2. The number of hydrogen-bond donors (Lipinski definition) is 1. The normalized spacial score (nSPS) is 11.6. The molecule has 0 fully saturated rings. The van der Waals surface area contributed by atoms with Crippen LogP contribution in [0.1, 0.15) is 27.6 Å². The monoisotopic (exact) mass is 410 g/mol. The second-order valence-corrected chi connectivity index (χ2v) is 6.92. The fourth-order valence-corrected chi connectivity index (χ4v) is 2.81. The second kappa shape index (κ2) is 8.75. The minimum atomic E-state index is -1.20. The molecular formula is C22H19ClN2O4. The number of nitrogens with one attached hydrogen (secondary N) is 1. The van der Waals surface area contributed by atoms with Crippen LogP contribution in [0, 0.1) is 6.92 Å². The van der Waals surface area contributed by atoms with Gasteiger partial charge in [-0.2, -0.15) is 0 Å². The van der Waals surface area contributed by atoms with Crippen molar-refractivity contribution < 1.29 is 14.3 Å². The molecule has 0 saturated carbocycles. The molecule has 1 N–H and O–H groups in total. The Bertz CT molecular complexity index is 1110. The van der Waals surface area contributed by atoms with Gasteiger partial charge in [0.25, 0.3) is 11.5 Å². The van der Waals surface area contributed by atoms with Crippen LogP contribution in [-0.4, -0.2) is 16.4 Å². The molecule has 3 rings (SSSR count). The summed E-state index contributed by atoms with van der Waals surface area (Å²) in [4.78, 5) is 37.3. The van der Waals surface area contributed by atoms with Crippen molar-refractivity contribution in [3.05, 3.63) is 98.9 Å². The molecule has 0 aliphatic rings. The van der Waals surface area contributed by atoms with E-state index in [4.69, 9.17) is 16.3 Å². The standard InChI is InChI=1S/C22H19ClN2O4/c1-14-8-9-17(13-18(14)23)24-21(27)20(15-6-4-3-5-7-15)29-22(28)16-10-11-25(2)19(26)12-16/h3-13,20H,1-2H3,(H,24,27). The molecule has 1 aromatic heterocycles. The first kappa shape index (κ1) is 20.4. The molecule has 3 aromatic rings. The minimum absolute atomic E-state index is 0.0696. The highest BCUT2D eigenvalue weighted by Gasteiger charge is 2.26. The van der Waals surface area contributed by atoms with Crippen LogP contribution in [0.5, 0.6) is 0 Å². The summed E-state index contributed by atoms with van der Waals surface area (Å²) in [5.74, 6) is -1.30. The summed E-state index contributed by atoms with van der Waals surface area (Å²) < 4.78 is 6.81. The number of hydrogen-bond acceptors (Lipinski definition) is 4. The first-order valence-corrected chi connectivity index (χ1v) is 9.22. The maximum atomic E-state index is 12.9. The van der Waals surface area contributed by atoms with Crippen LogP contribution in [0.2, 0.25) is 5.02 Å². The lowest BCUT2D eigenvalue weighted by Gasteiger charge is -2.18. The van der Waals surface area contributed by atoms with Gasteiger partial charge >= 0.3 is 5.97 Å².